The van der Waals surface area contributed by atoms with Crippen LogP contribution in [0.4, 0.5) is 0 Å². The molecule has 110 valence electrons. The molecule has 0 aliphatic rings. The summed E-state index contributed by atoms with van der Waals surface area (Å²) in [5.41, 5.74) is 1.31. The zero-order valence-corrected chi connectivity index (χ0v) is 13.3. The second-order valence-electron chi connectivity index (χ2n) is 5.67. The van der Waals surface area contributed by atoms with Gasteiger partial charge in [-0.15, -0.1) is 11.3 Å². The Balaban J connectivity index is 1.73. The molecule has 0 saturated heterocycles. The van der Waals surface area contributed by atoms with E-state index in [0.717, 1.165) is 19.3 Å². The van der Waals surface area contributed by atoms with Gasteiger partial charge in [-0.25, -0.2) is 0 Å². The summed E-state index contributed by atoms with van der Waals surface area (Å²) in [7, 11) is 0. The Morgan fingerprint density at radius 3 is 2.65 bits per heavy atom. The van der Waals surface area contributed by atoms with Gasteiger partial charge in [0.05, 0.1) is 6.10 Å². The van der Waals surface area contributed by atoms with Crippen LogP contribution < -0.4 is 0 Å². The predicted molar refractivity (Wildman–Crippen MR) is 89.5 cm³/mol. The number of unbranched alkanes of at least 4 members (excludes halogenated alkanes) is 5. The van der Waals surface area contributed by atoms with Gasteiger partial charge in [0.1, 0.15) is 0 Å². The lowest BCUT2D eigenvalue weighted by molar-refractivity contribution is 0.161. The van der Waals surface area contributed by atoms with Crippen LogP contribution in [0.5, 0.6) is 0 Å². The average molecular weight is 290 g/mol. The van der Waals surface area contributed by atoms with Crippen molar-refractivity contribution in [2.75, 3.05) is 0 Å². The fourth-order valence-corrected chi connectivity index (χ4v) is 3.68. The van der Waals surface area contributed by atoms with Crippen molar-refractivity contribution in [2.24, 2.45) is 0 Å². The van der Waals surface area contributed by atoms with Crippen molar-refractivity contribution in [3.63, 3.8) is 0 Å². The summed E-state index contributed by atoms with van der Waals surface area (Å²) in [5.74, 6) is 0. The third kappa shape index (κ3) is 4.60. The van der Waals surface area contributed by atoms with Crippen LogP contribution in [-0.2, 0) is 6.42 Å². The Bertz CT molecular complexity index is 503. The third-order valence-electron chi connectivity index (χ3n) is 3.91. The maximum absolute atomic E-state index is 10.2. The molecule has 0 aliphatic heterocycles. The van der Waals surface area contributed by atoms with Gasteiger partial charge < -0.3 is 5.11 Å². The average Bonchev–Trinajstić information content (AvgIpc) is 2.86. The lowest BCUT2D eigenvalue weighted by Gasteiger charge is -2.10. The van der Waals surface area contributed by atoms with E-state index in [2.05, 4.69) is 36.6 Å². The van der Waals surface area contributed by atoms with Crippen molar-refractivity contribution in [1.29, 1.82) is 0 Å². The van der Waals surface area contributed by atoms with Crippen LogP contribution in [0.2, 0.25) is 0 Å². The number of thiophene rings is 1. The molecule has 0 amide bonds. The number of hydrogen-bond donors (Lipinski definition) is 1. The Morgan fingerprint density at radius 1 is 1.05 bits per heavy atom. The highest BCUT2D eigenvalue weighted by molar-refractivity contribution is 7.17. The highest BCUT2D eigenvalue weighted by Crippen LogP contribution is 2.27. The molecular formula is C18H26OS. The number of rotatable bonds is 9. The van der Waals surface area contributed by atoms with E-state index in [4.69, 9.17) is 0 Å². The molecule has 0 bridgehead atoms. The van der Waals surface area contributed by atoms with E-state index in [-0.39, 0.29) is 6.10 Å². The van der Waals surface area contributed by atoms with E-state index in [1.54, 1.807) is 11.3 Å². The highest BCUT2D eigenvalue weighted by atomic mass is 32.1. The van der Waals surface area contributed by atoms with Crippen LogP contribution in [0, 0.1) is 0 Å². The number of benzene rings is 1. The standard InChI is InChI=1S/C18H26OS/c1-2-3-4-5-6-7-10-16(19)13-15-14-20-18-12-9-8-11-17(15)18/h8-9,11-12,14,16,19H,2-7,10,13H2,1H3. The van der Waals surface area contributed by atoms with Crippen LogP contribution in [-0.4, -0.2) is 11.2 Å². The molecule has 1 nitrogen and oxygen atoms in total. The van der Waals surface area contributed by atoms with Gasteiger partial charge in [0.2, 0.25) is 0 Å². The van der Waals surface area contributed by atoms with Crippen molar-refractivity contribution < 1.29 is 5.11 Å². The lowest BCUT2D eigenvalue weighted by Crippen LogP contribution is -2.09. The SMILES string of the molecule is CCCCCCCCC(O)Cc1csc2ccccc12. The van der Waals surface area contributed by atoms with Crippen molar-refractivity contribution >= 4 is 21.4 Å². The smallest absolute Gasteiger partial charge is 0.0581 e. The van der Waals surface area contributed by atoms with E-state index in [1.165, 1.54) is 47.8 Å². The van der Waals surface area contributed by atoms with E-state index < -0.39 is 0 Å². The van der Waals surface area contributed by atoms with Gasteiger partial charge in [0, 0.05) is 4.70 Å². The Hall–Kier alpha value is -0.860. The summed E-state index contributed by atoms with van der Waals surface area (Å²) in [4.78, 5) is 0. The lowest BCUT2D eigenvalue weighted by atomic mass is 10.0. The van der Waals surface area contributed by atoms with Gasteiger partial charge in [0.25, 0.3) is 0 Å². The normalized spacial score (nSPS) is 12.9. The molecule has 0 radical (unpaired) electrons. The summed E-state index contributed by atoms with van der Waals surface area (Å²) in [5, 5.41) is 13.7. The van der Waals surface area contributed by atoms with Crippen molar-refractivity contribution in [3.8, 4) is 0 Å². The summed E-state index contributed by atoms with van der Waals surface area (Å²) < 4.78 is 1.33. The maximum Gasteiger partial charge on any atom is 0.0581 e. The topological polar surface area (TPSA) is 20.2 Å². The Morgan fingerprint density at radius 2 is 1.80 bits per heavy atom. The maximum atomic E-state index is 10.2. The third-order valence-corrected chi connectivity index (χ3v) is 4.92. The second-order valence-corrected chi connectivity index (χ2v) is 6.58. The van der Waals surface area contributed by atoms with Gasteiger partial charge >= 0.3 is 0 Å². The van der Waals surface area contributed by atoms with Crippen LogP contribution in [0.3, 0.4) is 0 Å². The molecule has 20 heavy (non-hydrogen) atoms. The molecule has 1 heterocycles. The van der Waals surface area contributed by atoms with Crippen molar-refractivity contribution in [2.45, 2.75) is 64.4 Å². The summed E-state index contributed by atoms with van der Waals surface area (Å²) in [6.07, 6.45) is 9.31. The van der Waals surface area contributed by atoms with Gasteiger partial charge in [-0.1, -0.05) is 63.6 Å². The largest absolute Gasteiger partial charge is 0.393 e. The van der Waals surface area contributed by atoms with Gasteiger partial charge in [-0.2, -0.15) is 0 Å². The molecular weight excluding hydrogens is 264 g/mol. The van der Waals surface area contributed by atoms with Crippen LogP contribution in [0.1, 0.15) is 57.4 Å². The van der Waals surface area contributed by atoms with E-state index in [0.29, 0.717) is 0 Å². The molecule has 2 aromatic rings. The minimum absolute atomic E-state index is 0.181. The molecule has 0 aliphatic carbocycles. The van der Waals surface area contributed by atoms with Gasteiger partial charge in [0.15, 0.2) is 0 Å². The summed E-state index contributed by atoms with van der Waals surface area (Å²) in [6, 6.07) is 8.48. The minimum Gasteiger partial charge on any atom is -0.393 e. The second kappa shape index (κ2) is 8.43. The van der Waals surface area contributed by atoms with Crippen LogP contribution in [0.25, 0.3) is 10.1 Å². The van der Waals surface area contributed by atoms with Gasteiger partial charge in [-0.3, -0.25) is 0 Å². The summed E-state index contributed by atoms with van der Waals surface area (Å²) in [6.45, 7) is 2.24. The van der Waals surface area contributed by atoms with Crippen molar-refractivity contribution in [1.82, 2.24) is 0 Å². The van der Waals surface area contributed by atoms with Gasteiger partial charge in [-0.05, 0) is 35.2 Å². The first-order valence-corrected chi connectivity index (χ1v) is 8.82. The Kier molecular flexibility index (Phi) is 6.55. The number of hydrogen-bond acceptors (Lipinski definition) is 2. The molecule has 0 spiro atoms. The van der Waals surface area contributed by atoms with Crippen molar-refractivity contribution in [3.05, 3.63) is 35.2 Å². The number of fused-ring (bicyclic) bond motifs is 1. The first-order valence-electron chi connectivity index (χ1n) is 7.94. The molecule has 2 rings (SSSR count). The number of aliphatic hydroxyl groups is 1. The first-order chi connectivity index (χ1) is 9.81. The predicted octanol–water partition coefficient (Wildman–Crippen LogP) is 5.56. The molecule has 1 unspecified atom stereocenters. The zero-order valence-electron chi connectivity index (χ0n) is 12.5. The molecule has 1 aromatic carbocycles. The fraction of sp³-hybridized carbons (Fsp3) is 0.556. The highest BCUT2D eigenvalue weighted by Gasteiger charge is 2.09. The molecule has 0 saturated carbocycles. The van der Waals surface area contributed by atoms with Crippen LogP contribution in [0.15, 0.2) is 29.6 Å². The zero-order chi connectivity index (χ0) is 14.2. The minimum atomic E-state index is -0.181. The van der Waals surface area contributed by atoms with Crippen LogP contribution >= 0.6 is 11.3 Å². The molecule has 1 atom stereocenters. The quantitative estimate of drug-likeness (QED) is 0.600. The van der Waals surface area contributed by atoms with E-state index in [9.17, 15) is 5.11 Å². The van der Waals surface area contributed by atoms with E-state index >= 15 is 0 Å². The number of aliphatic hydroxyl groups excluding tert-OH is 1. The molecule has 1 aromatic heterocycles. The summed E-state index contributed by atoms with van der Waals surface area (Å²) >= 11 is 1.78. The first kappa shape index (κ1) is 15.5. The molecule has 1 N–H and O–H groups in total. The monoisotopic (exact) mass is 290 g/mol. The fourth-order valence-electron chi connectivity index (χ4n) is 2.71. The Labute approximate surface area is 126 Å². The molecule has 0 fully saturated rings. The molecule has 2 heteroatoms. The van der Waals surface area contributed by atoms with E-state index in [1.807, 2.05) is 0 Å².